The lowest BCUT2D eigenvalue weighted by Gasteiger charge is -2.17. The molecular weight excluding hydrogens is 391 g/mol. The highest BCUT2D eigenvalue weighted by molar-refractivity contribution is 6.35. The number of rotatable bonds is 5. The molecule has 0 aliphatic heterocycles. The van der Waals surface area contributed by atoms with E-state index in [2.05, 4.69) is 34.7 Å². The lowest BCUT2D eigenvalue weighted by Crippen LogP contribution is -2.10. The van der Waals surface area contributed by atoms with Crippen LogP contribution >= 0.6 is 23.2 Å². The summed E-state index contributed by atoms with van der Waals surface area (Å²) in [5, 5.41) is 8.76. The monoisotopic (exact) mass is 408 g/mol. The van der Waals surface area contributed by atoms with Crippen molar-refractivity contribution in [1.29, 1.82) is 0 Å². The molecule has 4 nitrogen and oxygen atoms in total. The van der Waals surface area contributed by atoms with E-state index >= 15 is 0 Å². The Hall–Kier alpha value is -2.82. The Balaban J connectivity index is 1.71. The molecule has 2 N–H and O–H groups in total. The molecule has 0 saturated carbocycles. The fraction of sp³-hybridized carbons (Fsp3) is 0.0909. The molecule has 4 aromatic rings. The van der Waals surface area contributed by atoms with Crippen LogP contribution in [0.2, 0.25) is 10.0 Å². The number of para-hydroxylation sites is 1. The number of halogens is 2. The summed E-state index contributed by atoms with van der Waals surface area (Å²) in [7, 11) is 0. The molecule has 0 aliphatic rings. The first kappa shape index (κ1) is 18.5. The van der Waals surface area contributed by atoms with E-state index in [0.29, 0.717) is 16.0 Å². The number of nitrogens with zero attached hydrogens (tertiary/aromatic N) is 2. The van der Waals surface area contributed by atoms with Gasteiger partial charge in [-0.15, -0.1) is 0 Å². The molecule has 28 heavy (non-hydrogen) atoms. The summed E-state index contributed by atoms with van der Waals surface area (Å²) < 4.78 is 0. The third-order valence-corrected chi connectivity index (χ3v) is 4.81. The van der Waals surface area contributed by atoms with Gasteiger partial charge in [-0.2, -0.15) is 4.98 Å². The van der Waals surface area contributed by atoms with Gasteiger partial charge in [0.15, 0.2) is 0 Å². The average Bonchev–Trinajstić information content (AvgIpc) is 2.68. The summed E-state index contributed by atoms with van der Waals surface area (Å²) in [6, 6.07) is 23.5. The van der Waals surface area contributed by atoms with Crippen LogP contribution in [0.5, 0.6) is 0 Å². The molecule has 0 spiro atoms. The minimum atomic E-state index is 0.0907. The predicted molar refractivity (Wildman–Crippen MR) is 118 cm³/mol. The second-order valence-corrected chi connectivity index (χ2v) is 7.35. The van der Waals surface area contributed by atoms with Crippen molar-refractivity contribution >= 4 is 51.6 Å². The van der Waals surface area contributed by atoms with Gasteiger partial charge in [-0.25, -0.2) is 4.98 Å². The van der Waals surface area contributed by atoms with E-state index in [4.69, 9.17) is 28.2 Å². The SMILES string of the molecule is C[C@H](Nc1nc(Nc2cc(Cl)cc(Cl)c2)nc2ccccc12)c1ccccc1. The van der Waals surface area contributed by atoms with Crippen LogP contribution in [-0.2, 0) is 0 Å². The zero-order chi connectivity index (χ0) is 19.5. The second-order valence-electron chi connectivity index (χ2n) is 6.47. The maximum atomic E-state index is 6.10. The maximum absolute atomic E-state index is 6.10. The van der Waals surface area contributed by atoms with Gasteiger partial charge in [0.1, 0.15) is 5.82 Å². The third kappa shape index (κ3) is 4.19. The molecule has 0 saturated heterocycles. The van der Waals surface area contributed by atoms with Crippen molar-refractivity contribution in [3.63, 3.8) is 0 Å². The molecule has 140 valence electrons. The molecule has 6 heteroatoms. The Morgan fingerprint density at radius 2 is 1.50 bits per heavy atom. The molecule has 0 bridgehead atoms. The zero-order valence-electron chi connectivity index (χ0n) is 15.2. The number of hydrogen-bond acceptors (Lipinski definition) is 4. The number of anilines is 3. The lowest BCUT2D eigenvalue weighted by molar-refractivity contribution is 0.876. The van der Waals surface area contributed by atoms with Gasteiger partial charge in [0, 0.05) is 27.2 Å². The smallest absolute Gasteiger partial charge is 0.229 e. The third-order valence-electron chi connectivity index (χ3n) is 4.37. The Bertz CT molecular complexity index is 1100. The minimum Gasteiger partial charge on any atom is -0.363 e. The van der Waals surface area contributed by atoms with Gasteiger partial charge in [0.2, 0.25) is 5.95 Å². The highest BCUT2D eigenvalue weighted by Crippen LogP contribution is 2.28. The maximum Gasteiger partial charge on any atom is 0.229 e. The van der Waals surface area contributed by atoms with E-state index in [1.807, 2.05) is 42.5 Å². The summed E-state index contributed by atoms with van der Waals surface area (Å²) in [4.78, 5) is 9.32. The van der Waals surface area contributed by atoms with Crippen LogP contribution in [0, 0.1) is 0 Å². The summed E-state index contributed by atoms with van der Waals surface area (Å²) in [6.45, 7) is 2.11. The quantitative estimate of drug-likeness (QED) is 0.378. The van der Waals surface area contributed by atoms with Crippen LogP contribution in [-0.4, -0.2) is 9.97 Å². The average molecular weight is 409 g/mol. The molecule has 1 atom stereocenters. The normalized spacial score (nSPS) is 12.0. The van der Waals surface area contributed by atoms with Crippen molar-refractivity contribution in [2.45, 2.75) is 13.0 Å². The Morgan fingerprint density at radius 3 is 2.25 bits per heavy atom. The van der Waals surface area contributed by atoms with Gasteiger partial charge in [-0.3, -0.25) is 0 Å². The Labute approximate surface area is 173 Å². The number of aromatic nitrogens is 2. The van der Waals surface area contributed by atoms with Crippen molar-refractivity contribution < 1.29 is 0 Å². The largest absolute Gasteiger partial charge is 0.363 e. The summed E-state index contributed by atoms with van der Waals surface area (Å²) >= 11 is 12.2. The number of hydrogen-bond donors (Lipinski definition) is 2. The fourth-order valence-electron chi connectivity index (χ4n) is 3.03. The summed E-state index contributed by atoms with van der Waals surface area (Å²) in [6.07, 6.45) is 0. The van der Waals surface area contributed by atoms with E-state index in [0.717, 1.165) is 22.4 Å². The first-order chi connectivity index (χ1) is 13.6. The standard InChI is InChI=1S/C22H18Cl2N4/c1-14(15-7-3-2-4-8-15)25-21-19-9-5-6-10-20(19)27-22(28-21)26-18-12-16(23)11-17(24)13-18/h2-14H,1H3,(H2,25,26,27,28)/t14-/m0/s1. The molecule has 4 rings (SSSR count). The number of benzene rings is 3. The highest BCUT2D eigenvalue weighted by Gasteiger charge is 2.12. The van der Waals surface area contributed by atoms with E-state index in [1.54, 1.807) is 18.2 Å². The van der Waals surface area contributed by atoms with Gasteiger partial charge in [0.25, 0.3) is 0 Å². The van der Waals surface area contributed by atoms with Gasteiger partial charge < -0.3 is 10.6 Å². The molecule has 1 aromatic heterocycles. The van der Waals surface area contributed by atoms with Gasteiger partial charge in [-0.05, 0) is 42.8 Å². The van der Waals surface area contributed by atoms with E-state index in [1.165, 1.54) is 5.56 Å². The predicted octanol–water partition coefficient (Wildman–Crippen LogP) is 6.85. The first-order valence-corrected chi connectivity index (χ1v) is 9.65. The number of fused-ring (bicyclic) bond motifs is 1. The van der Waals surface area contributed by atoms with Crippen molar-refractivity contribution in [3.8, 4) is 0 Å². The van der Waals surface area contributed by atoms with Gasteiger partial charge in [-0.1, -0.05) is 65.7 Å². The summed E-state index contributed by atoms with van der Waals surface area (Å²) in [5.41, 5.74) is 2.76. The van der Waals surface area contributed by atoms with Crippen molar-refractivity contribution in [1.82, 2.24) is 9.97 Å². The van der Waals surface area contributed by atoms with Crippen molar-refractivity contribution in [2.75, 3.05) is 10.6 Å². The topological polar surface area (TPSA) is 49.8 Å². The molecule has 0 unspecified atom stereocenters. The van der Waals surface area contributed by atoms with E-state index in [-0.39, 0.29) is 6.04 Å². The molecule has 0 radical (unpaired) electrons. The Morgan fingerprint density at radius 1 is 0.821 bits per heavy atom. The van der Waals surface area contributed by atoms with Crippen LogP contribution in [0.15, 0.2) is 72.8 Å². The van der Waals surface area contributed by atoms with E-state index in [9.17, 15) is 0 Å². The van der Waals surface area contributed by atoms with Crippen LogP contribution < -0.4 is 10.6 Å². The first-order valence-electron chi connectivity index (χ1n) is 8.90. The molecule has 3 aromatic carbocycles. The molecular formula is C22H18Cl2N4. The van der Waals surface area contributed by atoms with Crippen LogP contribution in [0.3, 0.4) is 0 Å². The van der Waals surface area contributed by atoms with Crippen LogP contribution in [0.25, 0.3) is 10.9 Å². The second kappa shape index (κ2) is 8.05. The van der Waals surface area contributed by atoms with E-state index < -0.39 is 0 Å². The van der Waals surface area contributed by atoms with Crippen molar-refractivity contribution in [3.05, 3.63) is 88.4 Å². The molecule has 0 aliphatic carbocycles. The Kier molecular flexibility index (Phi) is 5.33. The number of nitrogens with one attached hydrogen (secondary N) is 2. The molecule has 1 heterocycles. The van der Waals surface area contributed by atoms with Gasteiger partial charge >= 0.3 is 0 Å². The van der Waals surface area contributed by atoms with Crippen LogP contribution in [0.4, 0.5) is 17.5 Å². The zero-order valence-corrected chi connectivity index (χ0v) is 16.7. The fourth-order valence-corrected chi connectivity index (χ4v) is 3.55. The molecule has 0 amide bonds. The van der Waals surface area contributed by atoms with Crippen molar-refractivity contribution in [2.24, 2.45) is 0 Å². The van der Waals surface area contributed by atoms with Crippen LogP contribution in [0.1, 0.15) is 18.5 Å². The van der Waals surface area contributed by atoms with Gasteiger partial charge in [0.05, 0.1) is 5.52 Å². The molecule has 0 fully saturated rings. The lowest BCUT2D eigenvalue weighted by atomic mass is 10.1. The summed E-state index contributed by atoms with van der Waals surface area (Å²) in [5.74, 6) is 1.23. The minimum absolute atomic E-state index is 0.0907. The highest BCUT2D eigenvalue weighted by atomic mass is 35.5.